The van der Waals surface area contributed by atoms with Crippen LogP contribution in [0.5, 0.6) is 5.75 Å². The Morgan fingerprint density at radius 2 is 1.94 bits per heavy atom. The summed E-state index contributed by atoms with van der Waals surface area (Å²) in [7, 11) is 1.67. The van der Waals surface area contributed by atoms with Gasteiger partial charge in [-0.3, -0.25) is 4.79 Å². The number of Topliss-reactive ketones (excluding diaryl/α,β-unsaturated/α-hetero) is 1. The van der Waals surface area contributed by atoms with E-state index in [1.807, 2.05) is 18.2 Å². The molecule has 2 aliphatic rings. The first-order chi connectivity index (χ1) is 8.69. The van der Waals surface area contributed by atoms with E-state index >= 15 is 0 Å². The van der Waals surface area contributed by atoms with Crippen molar-refractivity contribution in [3.63, 3.8) is 0 Å². The van der Waals surface area contributed by atoms with Gasteiger partial charge < -0.3 is 9.64 Å². The number of carbonyl (C=O) groups is 1. The van der Waals surface area contributed by atoms with Crippen molar-refractivity contribution in [2.75, 3.05) is 12.0 Å². The number of nitrogens with zero attached hydrogens (tertiary/aromatic N) is 1. The second kappa shape index (κ2) is 4.47. The van der Waals surface area contributed by atoms with Gasteiger partial charge in [0.1, 0.15) is 11.5 Å². The van der Waals surface area contributed by atoms with E-state index in [2.05, 4.69) is 4.90 Å². The zero-order valence-corrected chi connectivity index (χ0v) is 11.1. The fraction of sp³-hybridized carbons (Fsp3) is 0.500. The van der Waals surface area contributed by atoms with Crippen molar-refractivity contribution in [2.24, 2.45) is 0 Å². The quantitative estimate of drug-likeness (QED) is 0.823. The van der Waals surface area contributed by atoms with E-state index < -0.39 is 0 Å². The predicted molar refractivity (Wildman–Crippen MR) is 71.5 cm³/mol. The average Bonchev–Trinajstić information content (AvgIpc) is 2.61. The summed E-state index contributed by atoms with van der Waals surface area (Å²) in [5, 5.41) is 0.710. The number of fused-ring (bicyclic) bond motifs is 2. The summed E-state index contributed by atoms with van der Waals surface area (Å²) in [6.45, 7) is 0. The number of anilines is 1. The highest BCUT2D eigenvalue weighted by Crippen LogP contribution is 2.42. The molecule has 2 fully saturated rings. The van der Waals surface area contributed by atoms with Gasteiger partial charge in [-0.2, -0.15) is 0 Å². The van der Waals surface area contributed by atoms with Crippen molar-refractivity contribution >= 4 is 23.1 Å². The van der Waals surface area contributed by atoms with E-state index in [0.717, 1.165) is 24.3 Å². The second-order valence-electron chi connectivity index (χ2n) is 5.06. The maximum absolute atomic E-state index is 11.6. The summed E-state index contributed by atoms with van der Waals surface area (Å²) in [6.07, 6.45) is 3.50. The number of hydrogen-bond donors (Lipinski definition) is 0. The van der Waals surface area contributed by atoms with Crippen LogP contribution in [0, 0.1) is 0 Å². The highest BCUT2D eigenvalue weighted by molar-refractivity contribution is 6.31. The lowest BCUT2D eigenvalue weighted by Crippen LogP contribution is -2.43. The van der Waals surface area contributed by atoms with Crippen molar-refractivity contribution in [3.05, 3.63) is 23.2 Å². The van der Waals surface area contributed by atoms with Crippen LogP contribution in [0.25, 0.3) is 0 Å². The number of piperidine rings is 1. The van der Waals surface area contributed by atoms with Crippen molar-refractivity contribution in [1.29, 1.82) is 0 Å². The summed E-state index contributed by atoms with van der Waals surface area (Å²) in [5.74, 6) is 1.23. The predicted octanol–water partition coefficient (Wildman–Crippen LogP) is 3.05. The molecule has 2 atom stereocenters. The van der Waals surface area contributed by atoms with Gasteiger partial charge in [0.15, 0.2) is 0 Å². The summed E-state index contributed by atoms with van der Waals surface area (Å²) in [6, 6.07) is 6.32. The van der Waals surface area contributed by atoms with E-state index in [4.69, 9.17) is 16.3 Å². The molecule has 0 radical (unpaired) electrons. The van der Waals surface area contributed by atoms with Gasteiger partial charge >= 0.3 is 0 Å². The first-order valence-electron chi connectivity index (χ1n) is 6.32. The molecule has 2 aliphatic heterocycles. The lowest BCUT2D eigenvalue weighted by Gasteiger charge is -2.36. The van der Waals surface area contributed by atoms with E-state index in [9.17, 15) is 4.79 Å². The Hall–Kier alpha value is -1.22. The van der Waals surface area contributed by atoms with Gasteiger partial charge in [-0.25, -0.2) is 0 Å². The van der Waals surface area contributed by atoms with Gasteiger partial charge in [0.05, 0.1) is 12.8 Å². The number of methoxy groups -OCH3 is 1. The summed E-state index contributed by atoms with van der Waals surface area (Å²) in [5.41, 5.74) is 1.03. The number of benzene rings is 1. The molecule has 1 aromatic rings. The van der Waals surface area contributed by atoms with Gasteiger partial charge in [-0.1, -0.05) is 11.6 Å². The molecular formula is C14H16ClNO2. The number of ketones is 1. The van der Waals surface area contributed by atoms with Crippen LogP contribution in [0.1, 0.15) is 25.7 Å². The van der Waals surface area contributed by atoms with Crippen molar-refractivity contribution < 1.29 is 9.53 Å². The molecule has 0 aliphatic carbocycles. The number of rotatable bonds is 2. The molecule has 2 heterocycles. The van der Waals surface area contributed by atoms with Crippen molar-refractivity contribution in [1.82, 2.24) is 0 Å². The molecule has 2 unspecified atom stereocenters. The third kappa shape index (κ3) is 1.87. The Bertz CT molecular complexity index is 473. The largest absolute Gasteiger partial charge is 0.495 e. The number of carbonyl (C=O) groups excluding carboxylic acids is 1. The topological polar surface area (TPSA) is 29.5 Å². The zero-order chi connectivity index (χ0) is 12.7. The van der Waals surface area contributed by atoms with Crippen LogP contribution in [-0.4, -0.2) is 25.0 Å². The molecule has 3 rings (SSSR count). The van der Waals surface area contributed by atoms with Gasteiger partial charge in [0.2, 0.25) is 0 Å². The molecule has 2 bridgehead atoms. The van der Waals surface area contributed by atoms with Crippen LogP contribution >= 0.6 is 11.6 Å². The van der Waals surface area contributed by atoms with Crippen LogP contribution in [0.2, 0.25) is 5.02 Å². The van der Waals surface area contributed by atoms with Gasteiger partial charge in [-0.05, 0) is 31.0 Å². The Morgan fingerprint density at radius 1 is 1.28 bits per heavy atom. The summed E-state index contributed by atoms with van der Waals surface area (Å²) in [4.78, 5) is 14.0. The highest BCUT2D eigenvalue weighted by atomic mass is 35.5. The number of ether oxygens (including phenoxy) is 1. The minimum atomic E-state index is 0.323. The molecule has 4 heteroatoms. The van der Waals surface area contributed by atoms with E-state index in [1.165, 1.54) is 0 Å². The van der Waals surface area contributed by atoms with Gasteiger partial charge in [-0.15, -0.1) is 0 Å². The average molecular weight is 266 g/mol. The van der Waals surface area contributed by atoms with Crippen molar-refractivity contribution in [2.45, 2.75) is 37.8 Å². The maximum Gasteiger partial charge on any atom is 0.142 e. The Labute approximate surface area is 112 Å². The molecule has 2 saturated heterocycles. The number of halogens is 1. The third-order valence-corrected chi connectivity index (χ3v) is 4.20. The van der Waals surface area contributed by atoms with Crippen LogP contribution in [-0.2, 0) is 4.79 Å². The van der Waals surface area contributed by atoms with Gasteiger partial charge in [0, 0.05) is 29.9 Å². The summed E-state index contributed by atoms with van der Waals surface area (Å²) < 4.78 is 5.42. The Morgan fingerprint density at radius 3 is 2.56 bits per heavy atom. The lowest BCUT2D eigenvalue weighted by molar-refractivity contribution is -0.120. The minimum Gasteiger partial charge on any atom is -0.495 e. The molecule has 0 saturated carbocycles. The zero-order valence-electron chi connectivity index (χ0n) is 10.4. The fourth-order valence-corrected chi connectivity index (χ4v) is 3.40. The molecule has 96 valence electrons. The lowest BCUT2D eigenvalue weighted by atomic mass is 10.0. The molecule has 3 nitrogen and oxygen atoms in total. The van der Waals surface area contributed by atoms with Gasteiger partial charge in [0.25, 0.3) is 0 Å². The van der Waals surface area contributed by atoms with Crippen LogP contribution in [0.15, 0.2) is 18.2 Å². The standard InChI is InChI=1S/C14H16ClNO2/c1-18-14-5-2-9(15)6-13(14)16-10-3-4-11(16)8-12(17)7-10/h2,5-6,10-11H,3-4,7-8H2,1H3. The molecule has 0 aromatic heterocycles. The van der Waals surface area contributed by atoms with E-state index in [-0.39, 0.29) is 0 Å². The normalized spacial score (nSPS) is 26.6. The monoisotopic (exact) mass is 265 g/mol. The smallest absolute Gasteiger partial charge is 0.142 e. The van der Waals surface area contributed by atoms with Crippen LogP contribution < -0.4 is 9.64 Å². The number of hydrogen-bond acceptors (Lipinski definition) is 3. The van der Waals surface area contributed by atoms with Crippen LogP contribution in [0.4, 0.5) is 5.69 Å². The van der Waals surface area contributed by atoms with Crippen LogP contribution in [0.3, 0.4) is 0 Å². The first kappa shape index (κ1) is 11.8. The molecule has 0 N–H and O–H groups in total. The minimum absolute atomic E-state index is 0.323. The highest BCUT2D eigenvalue weighted by Gasteiger charge is 2.41. The molecule has 0 amide bonds. The van der Waals surface area contributed by atoms with E-state index in [1.54, 1.807) is 7.11 Å². The SMILES string of the molecule is COc1ccc(Cl)cc1N1C2CCC1CC(=O)C2. The van der Waals surface area contributed by atoms with Crippen molar-refractivity contribution in [3.8, 4) is 5.75 Å². The maximum atomic E-state index is 11.6. The Kier molecular flexibility index (Phi) is 2.94. The Balaban J connectivity index is 2.00. The first-order valence-corrected chi connectivity index (χ1v) is 6.70. The van der Waals surface area contributed by atoms with E-state index in [0.29, 0.717) is 35.7 Å². The second-order valence-corrected chi connectivity index (χ2v) is 5.49. The summed E-state index contributed by atoms with van der Waals surface area (Å²) >= 11 is 6.09. The molecule has 18 heavy (non-hydrogen) atoms. The molecular weight excluding hydrogens is 250 g/mol. The molecule has 0 spiro atoms. The molecule has 1 aromatic carbocycles. The fourth-order valence-electron chi connectivity index (χ4n) is 3.23. The third-order valence-electron chi connectivity index (χ3n) is 3.97.